The molecule has 0 radical (unpaired) electrons. The Morgan fingerprint density at radius 1 is 0.460 bits per heavy atom. The molecule has 0 saturated heterocycles. The van der Waals surface area contributed by atoms with Gasteiger partial charge in [0.1, 0.15) is 0 Å². The average molecular weight is 704 g/mol. The van der Waals surface area contributed by atoms with Crippen LogP contribution >= 0.6 is 0 Å². The molecule has 0 heterocycles. The molecule has 0 bridgehead atoms. The normalized spacial score (nSPS) is 13.1. The topological polar surface area (TPSA) is 69.6 Å². The van der Waals surface area contributed by atoms with Gasteiger partial charge in [0.15, 0.2) is 0 Å². The summed E-state index contributed by atoms with van der Waals surface area (Å²) in [7, 11) is 0. The van der Waals surface area contributed by atoms with Gasteiger partial charge in [-0.3, -0.25) is 4.79 Å². The number of aliphatic hydroxyl groups excluding tert-OH is 2. The minimum atomic E-state index is -0.857. The van der Waals surface area contributed by atoms with Crippen LogP contribution in [0.25, 0.3) is 0 Å². The Bertz CT molecular complexity index is 720. The maximum Gasteiger partial charge on any atom is 0.220 e. The van der Waals surface area contributed by atoms with E-state index in [1.54, 1.807) is 6.08 Å². The Morgan fingerprint density at radius 2 is 0.780 bits per heavy atom. The van der Waals surface area contributed by atoms with Crippen LogP contribution in [0.2, 0.25) is 0 Å². The fourth-order valence-electron chi connectivity index (χ4n) is 6.96. The van der Waals surface area contributed by atoms with Crippen LogP contribution in [0.4, 0.5) is 0 Å². The Kier molecular flexibility index (Phi) is 41.3. The van der Waals surface area contributed by atoms with Gasteiger partial charge in [0.25, 0.3) is 0 Å². The van der Waals surface area contributed by atoms with Crippen molar-refractivity contribution in [1.29, 1.82) is 0 Å². The zero-order valence-corrected chi connectivity index (χ0v) is 33.9. The van der Waals surface area contributed by atoms with Crippen LogP contribution in [-0.4, -0.2) is 34.9 Å². The summed E-state index contributed by atoms with van der Waals surface area (Å²) in [6.45, 7) is 4.31. The number of nitrogens with one attached hydrogen (secondary N) is 1. The largest absolute Gasteiger partial charge is 0.394 e. The fourth-order valence-corrected chi connectivity index (χ4v) is 6.96. The van der Waals surface area contributed by atoms with Gasteiger partial charge >= 0.3 is 0 Å². The minimum Gasteiger partial charge on any atom is -0.394 e. The van der Waals surface area contributed by atoms with Crippen molar-refractivity contribution in [3.05, 3.63) is 24.3 Å². The van der Waals surface area contributed by atoms with E-state index in [1.807, 2.05) is 6.08 Å². The first-order chi connectivity index (χ1) is 24.7. The van der Waals surface area contributed by atoms with Crippen LogP contribution in [0.5, 0.6) is 0 Å². The summed E-state index contributed by atoms with van der Waals surface area (Å²) in [5.74, 6) is -0.0700. The lowest BCUT2D eigenvalue weighted by Gasteiger charge is -2.19. The lowest BCUT2D eigenvalue weighted by molar-refractivity contribution is -0.123. The second kappa shape index (κ2) is 42.3. The third kappa shape index (κ3) is 38.1. The molecule has 0 aliphatic carbocycles. The van der Waals surface area contributed by atoms with Gasteiger partial charge in [-0.05, 0) is 32.1 Å². The molecule has 4 heteroatoms. The summed E-state index contributed by atoms with van der Waals surface area (Å²) in [6, 6.07) is -0.634. The summed E-state index contributed by atoms with van der Waals surface area (Å²) >= 11 is 0. The van der Waals surface area contributed by atoms with Gasteiger partial charge in [0, 0.05) is 6.42 Å². The number of hydrogen-bond acceptors (Lipinski definition) is 3. The van der Waals surface area contributed by atoms with Gasteiger partial charge in [0.2, 0.25) is 5.91 Å². The quantitative estimate of drug-likeness (QED) is 0.0438. The van der Waals surface area contributed by atoms with E-state index in [4.69, 9.17) is 0 Å². The highest BCUT2D eigenvalue weighted by Crippen LogP contribution is 2.16. The van der Waals surface area contributed by atoms with Crippen LogP contribution in [0.3, 0.4) is 0 Å². The Hall–Kier alpha value is -1.13. The number of rotatable bonds is 41. The van der Waals surface area contributed by atoms with Crippen molar-refractivity contribution in [1.82, 2.24) is 5.32 Å². The molecular formula is C46H89NO3. The number of aliphatic hydroxyl groups is 2. The third-order valence-corrected chi connectivity index (χ3v) is 10.4. The standard InChI is InChI=1S/C46H89NO3/c1-3-5-7-9-11-13-15-17-19-20-21-22-23-24-25-26-28-30-32-34-36-38-40-42-46(50)47-44(43-48)45(49)41-39-37-35-33-31-29-27-18-16-14-12-10-8-6-4-2/h31,33,39,41,44-45,48-49H,3-30,32,34-38,40,42-43H2,1-2H3,(H,47,50)/b33-31+,41-39+/t44-,45+/m0/s1. The van der Waals surface area contributed by atoms with E-state index in [0.717, 1.165) is 32.1 Å². The molecule has 296 valence electrons. The second-order valence-electron chi connectivity index (χ2n) is 15.5. The first kappa shape index (κ1) is 48.9. The highest BCUT2D eigenvalue weighted by Gasteiger charge is 2.17. The van der Waals surface area contributed by atoms with Crippen molar-refractivity contribution in [2.45, 2.75) is 257 Å². The molecule has 2 atom stereocenters. The maximum atomic E-state index is 12.4. The lowest BCUT2D eigenvalue weighted by atomic mass is 10.0. The molecule has 0 fully saturated rings. The van der Waals surface area contributed by atoms with E-state index in [9.17, 15) is 15.0 Å². The molecule has 0 aliphatic rings. The molecular weight excluding hydrogens is 615 g/mol. The molecule has 0 unspecified atom stereocenters. The van der Waals surface area contributed by atoms with E-state index in [0.29, 0.717) is 6.42 Å². The van der Waals surface area contributed by atoms with E-state index in [1.165, 1.54) is 193 Å². The van der Waals surface area contributed by atoms with Gasteiger partial charge < -0.3 is 15.5 Å². The monoisotopic (exact) mass is 704 g/mol. The molecule has 3 N–H and O–H groups in total. The minimum absolute atomic E-state index is 0.0700. The first-order valence-electron chi connectivity index (χ1n) is 22.6. The highest BCUT2D eigenvalue weighted by molar-refractivity contribution is 5.76. The predicted octanol–water partition coefficient (Wildman–Crippen LogP) is 14.0. The summed E-state index contributed by atoms with van der Waals surface area (Å²) in [6.07, 6.45) is 54.4. The van der Waals surface area contributed by atoms with Gasteiger partial charge in [-0.25, -0.2) is 0 Å². The van der Waals surface area contributed by atoms with Gasteiger partial charge in [-0.2, -0.15) is 0 Å². The molecule has 0 aromatic carbocycles. The van der Waals surface area contributed by atoms with Gasteiger partial charge in [-0.15, -0.1) is 0 Å². The zero-order chi connectivity index (χ0) is 36.4. The van der Waals surface area contributed by atoms with Crippen molar-refractivity contribution in [3.63, 3.8) is 0 Å². The number of amides is 1. The van der Waals surface area contributed by atoms with Gasteiger partial charge in [0.05, 0.1) is 18.8 Å². The van der Waals surface area contributed by atoms with Crippen LogP contribution in [0.15, 0.2) is 24.3 Å². The smallest absolute Gasteiger partial charge is 0.220 e. The SMILES string of the molecule is CCCCCCCCCCC/C=C/CC/C=C/[C@@H](O)[C@H](CO)NC(=O)CCCCCCCCCCCCCCCCCCCCCCCCC. The molecule has 4 nitrogen and oxygen atoms in total. The molecule has 50 heavy (non-hydrogen) atoms. The molecule has 0 spiro atoms. The molecule has 0 saturated carbocycles. The Balaban J connectivity index is 3.53. The molecule has 0 rings (SSSR count). The van der Waals surface area contributed by atoms with Crippen molar-refractivity contribution >= 4 is 5.91 Å². The van der Waals surface area contributed by atoms with Crippen molar-refractivity contribution in [3.8, 4) is 0 Å². The second-order valence-corrected chi connectivity index (χ2v) is 15.5. The maximum absolute atomic E-state index is 12.4. The lowest BCUT2D eigenvalue weighted by Crippen LogP contribution is -2.45. The van der Waals surface area contributed by atoms with Crippen molar-refractivity contribution in [2.75, 3.05) is 6.61 Å². The first-order valence-corrected chi connectivity index (χ1v) is 22.6. The van der Waals surface area contributed by atoms with Crippen LogP contribution < -0.4 is 5.32 Å². The molecule has 0 aromatic heterocycles. The number of unbranched alkanes of at least 4 members (excludes halogenated alkanes) is 32. The number of allylic oxidation sites excluding steroid dienone is 3. The van der Waals surface area contributed by atoms with E-state index in [-0.39, 0.29) is 12.5 Å². The van der Waals surface area contributed by atoms with Crippen molar-refractivity contribution < 1.29 is 15.0 Å². The Labute approximate surface area is 313 Å². The Morgan fingerprint density at radius 3 is 1.16 bits per heavy atom. The molecule has 1 amide bonds. The molecule has 0 aliphatic heterocycles. The van der Waals surface area contributed by atoms with Crippen LogP contribution in [0, 0.1) is 0 Å². The summed E-state index contributed by atoms with van der Waals surface area (Å²) in [4.78, 5) is 12.4. The van der Waals surface area contributed by atoms with Crippen molar-refractivity contribution in [2.24, 2.45) is 0 Å². The summed E-state index contributed by atoms with van der Waals surface area (Å²) in [5.41, 5.74) is 0. The predicted molar refractivity (Wildman–Crippen MR) is 221 cm³/mol. The number of carbonyl (C=O) groups excluding carboxylic acids is 1. The van der Waals surface area contributed by atoms with E-state index in [2.05, 4.69) is 31.3 Å². The zero-order valence-electron chi connectivity index (χ0n) is 33.9. The average Bonchev–Trinajstić information content (AvgIpc) is 3.12. The van der Waals surface area contributed by atoms with E-state index >= 15 is 0 Å². The highest BCUT2D eigenvalue weighted by atomic mass is 16.3. The summed E-state index contributed by atoms with van der Waals surface area (Å²) < 4.78 is 0. The number of hydrogen-bond donors (Lipinski definition) is 3. The fraction of sp³-hybridized carbons (Fsp3) is 0.891. The molecule has 0 aromatic rings. The van der Waals surface area contributed by atoms with Crippen LogP contribution in [0.1, 0.15) is 245 Å². The number of carbonyl (C=O) groups is 1. The van der Waals surface area contributed by atoms with E-state index < -0.39 is 12.1 Å². The third-order valence-electron chi connectivity index (χ3n) is 10.4. The summed E-state index contributed by atoms with van der Waals surface area (Å²) in [5, 5.41) is 23.0. The van der Waals surface area contributed by atoms with Crippen LogP contribution in [-0.2, 0) is 4.79 Å². The van der Waals surface area contributed by atoms with Gasteiger partial charge in [-0.1, -0.05) is 231 Å².